The van der Waals surface area contributed by atoms with Crippen LogP contribution in [0, 0.1) is 0 Å². The fraction of sp³-hybridized carbons (Fsp3) is 0.533. The van der Waals surface area contributed by atoms with Crippen LogP contribution in [-0.2, 0) is 4.79 Å². The van der Waals surface area contributed by atoms with Gasteiger partial charge in [-0.2, -0.15) is 0 Å². The number of benzene rings is 1. The molecule has 1 unspecified atom stereocenters. The topological polar surface area (TPSA) is 61.8 Å². The number of likely N-dealkylation sites (tertiary alicyclic amines) is 1. The minimum atomic E-state index is -0.00743. The van der Waals surface area contributed by atoms with E-state index in [1.54, 1.807) is 24.3 Å². The SMILES string of the molecule is CC1CCCN1CC(=O)Nc1ccc(OCCO)cc1. The zero-order valence-electron chi connectivity index (χ0n) is 11.8. The Morgan fingerprint density at radius 2 is 2.20 bits per heavy atom. The molecule has 1 aromatic carbocycles. The molecule has 1 fully saturated rings. The van der Waals surface area contributed by atoms with Gasteiger partial charge >= 0.3 is 0 Å². The molecule has 5 heteroatoms. The molecular formula is C15H22N2O3. The highest BCUT2D eigenvalue weighted by atomic mass is 16.5. The van der Waals surface area contributed by atoms with Crippen LogP contribution < -0.4 is 10.1 Å². The van der Waals surface area contributed by atoms with Gasteiger partial charge in [-0.15, -0.1) is 0 Å². The molecule has 1 saturated heterocycles. The maximum Gasteiger partial charge on any atom is 0.238 e. The number of nitrogens with zero attached hydrogens (tertiary/aromatic N) is 1. The van der Waals surface area contributed by atoms with Crippen molar-refractivity contribution < 1.29 is 14.6 Å². The van der Waals surface area contributed by atoms with Crippen LogP contribution in [0.4, 0.5) is 5.69 Å². The van der Waals surface area contributed by atoms with Crippen LogP contribution in [0.2, 0.25) is 0 Å². The second-order valence-corrected chi connectivity index (χ2v) is 5.11. The van der Waals surface area contributed by atoms with Gasteiger partial charge in [-0.1, -0.05) is 0 Å². The minimum absolute atomic E-state index is 0.00743. The normalized spacial score (nSPS) is 19.0. The van der Waals surface area contributed by atoms with E-state index in [1.165, 1.54) is 12.8 Å². The van der Waals surface area contributed by atoms with Gasteiger partial charge in [0.05, 0.1) is 13.2 Å². The Hall–Kier alpha value is -1.59. The maximum atomic E-state index is 12.0. The molecule has 2 rings (SSSR count). The van der Waals surface area contributed by atoms with Crippen LogP contribution in [0.3, 0.4) is 0 Å². The molecule has 0 saturated carbocycles. The molecule has 1 heterocycles. The molecule has 0 aromatic heterocycles. The summed E-state index contributed by atoms with van der Waals surface area (Å²) in [5, 5.41) is 11.6. The molecule has 0 aliphatic carbocycles. The van der Waals surface area contributed by atoms with Crippen molar-refractivity contribution >= 4 is 11.6 Å². The number of hydrogen-bond donors (Lipinski definition) is 2. The predicted molar refractivity (Wildman–Crippen MR) is 77.9 cm³/mol. The molecular weight excluding hydrogens is 256 g/mol. The lowest BCUT2D eigenvalue weighted by Crippen LogP contribution is -2.35. The molecule has 1 amide bonds. The summed E-state index contributed by atoms with van der Waals surface area (Å²) in [5.74, 6) is 0.702. The van der Waals surface area contributed by atoms with Gasteiger partial charge in [0.1, 0.15) is 12.4 Å². The van der Waals surface area contributed by atoms with Crippen LogP contribution in [-0.4, -0.2) is 48.3 Å². The largest absolute Gasteiger partial charge is 0.491 e. The van der Waals surface area contributed by atoms with Crippen molar-refractivity contribution in [2.24, 2.45) is 0 Å². The van der Waals surface area contributed by atoms with Gasteiger partial charge in [-0.3, -0.25) is 9.69 Å². The molecule has 5 nitrogen and oxygen atoms in total. The highest BCUT2D eigenvalue weighted by molar-refractivity contribution is 5.92. The zero-order valence-corrected chi connectivity index (χ0v) is 11.8. The minimum Gasteiger partial charge on any atom is -0.491 e. The van der Waals surface area contributed by atoms with E-state index in [0.29, 0.717) is 18.3 Å². The number of rotatable bonds is 6. The van der Waals surface area contributed by atoms with Gasteiger partial charge in [0.25, 0.3) is 0 Å². The van der Waals surface area contributed by atoms with E-state index in [9.17, 15) is 4.79 Å². The predicted octanol–water partition coefficient (Wildman–Crippen LogP) is 1.48. The Morgan fingerprint density at radius 1 is 1.45 bits per heavy atom. The summed E-state index contributed by atoms with van der Waals surface area (Å²) in [7, 11) is 0. The lowest BCUT2D eigenvalue weighted by Gasteiger charge is -2.20. The molecule has 1 aliphatic heterocycles. The number of aliphatic hydroxyl groups excluding tert-OH is 1. The van der Waals surface area contributed by atoms with E-state index in [0.717, 1.165) is 12.2 Å². The van der Waals surface area contributed by atoms with Crippen LogP contribution in [0.25, 0.3) is 0 Å². The first-order chi connectivity index (χ1) is 9.69. The zero-order chi connectivity index (χ0) is 14.4. The fourth-order valence-electron chi connectivity index (χ4n) is 2.41. The third-order valence-electron chi connectivity index (χ3n) is 3.54. The Kier molecular flexibility index (Phi) is 5.38. The molecule has 0 spiro atoms. The van der Waals surface area contributed by atoms with E-state index >= 15 is 0 Å². The number of nitrogens with one attached hydrogen (secondary N) is 1. The van der Waals surface area contributed by atoms with E-state index in [-0.39, 0.29) is 19.1 Å². The second kappa shape index (κ2) is 7.26. The number of carbonyl (C=O) groups is 1. The van der Waals surface area contributed by atoms with Crippen LogP contribution >= 0.6 is 0 Å². The Morgan fingerprint density at radius 3 is 2.80 bits per heavy atom. The Bertz CT molecular complexity index is 433. The van der Waals surface area contributed by atoms with Crippen molar-refractivity contribution in [1.82, 2.24) is 4.90 Å². The molecule has 1 atom stereocenters. The first-order valence-corrected chi connectivity index (χ1v) is 7.06. The van der Waals surface area contributed by atoms with Crippen LogP contribution in [0.15, 0.2) is 24.3 Å². The lowest BCUT2D eigenvalue weighted by atomic mass is 10.2. The summed E-state index contributed by atoms with van der Waals surface area (Å²) in [6.07, 6.45) is 2.34. The van der Waals surface area contributed by atoms with Gasteiger partial charge in [-0.25, -0.2) is 0 Å². The third-order valence-corrected chi connectivity index (χ3v) is 3.54. The molecule has 2 N–H and O–H groups in total. The van der Waals surface area contributed by atoms with Crippen molar-refractivity contribution in [2.45, 2.75) is 25.8 Å². The summed E-state index contributed by atoms with van der Waals surface area (Å²) < 4.78 is 5.27. The monoisotopic (exact) mass is 278 g/mol. The maximum absolute atomic E-state index is 12.0. The highest BCUT2D eigenvalue weighted by Crippen LogP contribution is 2.17. The molecule has 1 aromatic rings. The quantitative estimate of drug-likeness (QED) is 0.827. The second-order valence-electron chi connectivity index (χ2n) is 5.11. The fourth-order valence-corrected chi connectivity index (χ4v) is 2.41. The molecule has 0 radical (unpaired) electrons. The first kappa shape index (κ1) is 14.8. The van der Waals surface area contributed by atoms with E-state index in [1.807, 2.05) is 0 Å². The summed E-state index contributed by atoms with van der Waals surface area (Å²) in [6, 6.07) is 7.67. The van der Waals surface area contributed by atoms with E-state index in [4.69, 9.17) is 9.84 Å². The summed E-state index contributed by atoms with van der Waals surface area (Å²) in [5.41, 5.74) is 0.762. The molecule has 20 heavy (non-hydrogen) atoms. The highest BCUT2D eigenvalue weighted by Gasteiger charge is 2.22. The standard InChI is InChI=1S/C15H22N2O3/c1-12-3-2-8-17(12)11-15(19)16-13-4-6-14(7-5-13)20-10-9-18/h4-7,12,18H,2-3,8-11H2,1H3,(H,16,19). The van der Waals surface area contributed by atoms with Crippen molar-refractivity contribution in [3.63, 3.8) is 0 Å². The lowest BCUT2D eigenvalue weighted by molar-refractivity contribution is -0.117. The van der Waals surface area contributed by atoms with Crippen LogP contribution in [0.5, 0.6) is 5.75 Å². The number of carbonyl (C=O) groups excluding carboxylic acids is 1. The number of ether oxygens (including phenoxy) is 1. The van der Waals surface area contributed by atoms with Crippen molar-refractivity contribution in [3.8, 4) is 5.75 Å². The number of amides is 1. The summed E-state index contributed by atoms with van der Waals surface area (Å²) in [4.78, 5) is 14.2. The molecule has 1 aliphatic rings. The van der Waals surface area contributed by atoms with Crippen molar-refractivity contribution in [3.05, 3.63) is 24.3 Å². The molecule has 0 bridgehead atoms. The Balaban J connectivity index is 1.81. The van der Waals surface area contributed by atoms with Crippen molar-refractivity contribution in [1.29, 1.82) is 0 Å². The average molecular weight is 278 g/mol. The molecule has 110 valence electrons. The van der Waals surface area contributed by atoms with Gasteiger partial charge in [0.15, 0.2) is 0 Å². The van der Waals surface area contributed by atoms with E-state index < -0.39 is 0 Å². The van der Waals surface area contributed by atoms with Gasteiger partial charge in [-0.05, 0) is 50.6 Å². The summed E-state index contributed by atoms with van der Waals surface area (Å²) >= 11 is 0. The first-order valence-electron chi connectivity index (χ1n) is 7.06. The average Bonchev–Trinajstić information content (AvgIpc) is 2.83. The van der Waals surface area contributed by atoms with Gasteiger partial charge in [0.2, 0.25) is 5.91 Å². The number of hydrogen-bond acceptors (Lipinski definition) is 4. The summed E-state index contributed by atoms with van der Waals surface area (Å²) in [6.45, 7) is 3.88. The smallest absolute Gasteiger partial charge is 0.238 e. The van der Waals surface area contributed by atoms with Crippen LogP contribution in [0.1, 0.15) is 19.8 Å². The number of aliphatic hydroxyl groups is 1. The van der Waals surface area contributed by atoms with Gasteiger partial charge < -0.3 is 15.2 Å². The number of anilines is 1. The van der Waals surface area contributed by atoms with E-state index in [2.05, 4.69) is 17.1 Å². The van der Waals surface area contributed by atoms with Crippen molar-refractivity contribution in [2.75, 3.05) is 31.6 Å². The van der Waals surface area contributed by atoms with Gasteiger partial charge in [0, 0.05) is 11.7 Å². The third kappa shape index (κ3) is 4.21. The Labute approximate surface area is 119 Å².